The summed E-state index contributed by atoms with van der Waals surface area (Å²) in [5.41, 5.74) is 1.06. The maximum Gasteiger partial charge on any atom is 0.282 e. The largest absolute Gasteiger partial charge is 0.389 e. The summed E-state index contributed by atoms with van der Waals surface area (Å²) in [6.45, 7) is 3.13. The zero-order valence-electron chi connectivity index (χ0n) is 22.8. The number of fused-ring (bicyclic) bond motifs is 1. The van der Waals surface area contributed by atoms with Crippen molar-refractivity contribution in [1.29, 1.82) is 0 Å². The molecule has 0 saturated carbocycles. The molecule has 0 aliphatic heterocycles. The topological polar surface area (TPSA) is 127 Å². The third kappa shape index (κ3) is 5.37. The third-order valence-electron chi connectivity index (χ3n) is 6.35. The van der Waals surface area contributed by atoms with Crippen molar-refractivity contribution in [2.75, 3.05) is 19.4 Å². The number of anilines is 2. The Balaban J connectivity index is 1.55. The molecule has 4 aromatic heterocycles. The molecule has 0 aliphatic carbocycles. The van der Waals surface area contributed by atoms with Crippen LogP contribution in [0.5, 0.6) is 0 Å². The Morgan fingerprint density at radius 3 is 2.45 bits per heavy atom. The van der Waals surface area contributed by atoms with Gasteiger partial charge in [-0.3, -0.25) is 9.36 Å². The molecular formula is C27H25F4N9O2. The molecular weight excluding hydrogens is 558 g/mol. The molecule has 5 aromatic rings. The van der Waals surface area contributed by atoms with Crippen molar-refractivity contribution in [3.8, 4) is 11.6 Å². The second kappa shape index (κ2) is 11.2. The van der Waals surface area contributed by atoms with E-state index < -0.39 is 30.3 Å². The second-order valence-electron chi connectivity index (χ2n) is 9.66. The number of hydrogen-bond donors (Lipinski definition) is 2. The van der Waals surface area contributed by atoms with Gasteiger partial charge in [0.1, 0.15) is 23.5 Å². The minimum atomic E-state index is -3.12. The molecule has 1 aromatic carbocycles. The second-order valence-corrected chi connectivity index (χ2v) is 9.66. The van der Waals surface area contributed by atoms with E-state index in [4.69, 9.17) is 0 Å². The number of nitrogens with zero attached hydrogens (tertiary/aromatic N) is 8. The van der Waals surface area contributed by atoms with Crippen LogP contribution in [-0.2, 0) is 0 Å². The lowest BCUT2D eigenvalue weighted by Crippen LogP contribution is -2.23. The van der Waals surface area contributed by atoms with Crippen LogP contribution in [0.4, 0.5) is 29.1 Å². The Kier molecular flexibility index (Phi) is 7.60. The van der Waals surface area contributed by atoms with E-state index in [1.165, 1.54) is 24.2 Å². The van der Waals surface area contributed by atoms with Crippen LogP contribution in [0, 0.1) is 6.92 Å². The molecule has 2 N–H and O–H groups in total. The highest BCUT2D eigenvalue weighted by Crippen LogP contribution is 2.31. The van der Waals surface area contributed by atoms with Crippen LogP contribution in [0.15, 0.2) is 48.8 Å². The number of nitrogens with one attached hydrogen (secondary N) is 1. The molecule has 0 aliphatic rings. The fourth-order valence-electron chi connectivity index (χ4n) is 4.32. The van der Waals surface area contributed by atoms with Crippen molar-refractivity contribution < 1.29 is 27.5 Å². The average Bonchev–Trinajstić information content (AvgIpc) is 3.58. The number of rotatable bonds is 8. The summed E-state index contributed by atoms with van der Waals surface area (Å²) in [5.74, 6) is 0.00242. The first kappa shape index (κ1) is 28.6. The number of carbonyl (C=O) groups is 1. The lowest BCUT2D eigenvalue weighted by Gasteiger charge is -2.16. The minimum Gasteiger partial charge on any atom is -0.389 e. The predicted molar refractivity (Wildman–Crippen MR) is 145 cm³/mol. The monoisotopic (exact) mass is 583 g/mol. The number of amides is 1. The number of aliphatic hydroxyl groups excluding tert-OH is 1. The molecule has 0 radical (unpaired) electrons. The maximum absolute atomic E-state index is 13.8. The van der Waals surface area contributed by atoms with Crippen LogP contribution < -0.4 is 5.32 Å². The standard InChI is InChI=1S/C27H25F4N9O2/c1-13-9-17(27(42)38(3)4)25(36-35-13)33-15-5-7-20-18(10-15)32-12-39(20)22-8-6-16(14(2)41)26(34-22)40-21(24(30)31)11-19(37-40)23(28)29/h5-12,14,23-24,41H,1-4H3,(H,33,36). The third-order valence-corrected chi connectivity index (χ3v) is 6.35. The smallest absolute Gasteiger partial charge is 0.282 e. The first-order valence-electron chi connectivity index (χ1n) is 12.6. The van der Waals surface area contributed by atoms with Crippen LogP contribution in [0.25, 0.3) is 22.7 Å². The summed E-state index contributed by atoms with van der Waals surface area (Å²) in [7, 11) is 3.26. The Labute approximate surface area is 236 Å². The number of pyridine rings is 1. The molecule has 1 atom stereocenters. The van der Waals surface area contributed by atoms with Crippen LogP contribution >= 0.6 is 0 Å². The van der Waals surface area contributed by atoms with Crippen molar-refractivity contribution >= 4 is 28.4 Å². The number of hydrogen-bond acceptors (Lipinski definition) is 8. The van der Waals surface area contributed by atoms with E-state index in [0.717, 1.165) is 0 Å². The fraction of sp³-hybridized carbons (Fsp3) is 0.259. The highest BCUT2D eigenvalue weighted by molar-refractivity contribution is 5.99. The number of benzene rings is 1. The van der Waals surface area contributed by atoms with E-state index in [-0.39, 0.29) is 28.9 Å². The summed E-state index contributed by atoms with van der Waals surface area (Å²) >= 11 is 0. The molecule has 11 nitrogen and oxygen atoms in total. The van der Waals surface area contributed by atoms with Gasteiger partial charge in [0.15, 0.2) is 11.6 Å². The van der Waals surface area contributed by atoms with Crippen LogP contribution in [0.2, 0.25) is 0 Å². The molecule has 0 fully saturated rings. The minimum absolute atomic E-state index is 0.114. The summed E-state index contributed by atoms with van der Waals surface area (Å²) < 4.78 is 56.4. The molecule has 42 heavy (non-hydrogen) atoms. The molecule has 5 rings (SSSR count). The first-order valence-corrected chi connectivity index (χ1v) is 12.6. The van der Waals surface area contributed by atoms with E-state index in [2.05, 4.69) is 30.6 Å². The number of imidazole rings is 1. The van der Waals surface area contributed by atoms with Gasteiger partial charge in [0.25, 0.3) is 18.8 Å². The van der Waals surface area contributed by atoms with Gasteiger partial charge >= 0.3 is 0 Å². The predicted octanol–water partition coefficient (Wildman–Crippen LogP) is 5.08. The average molecular weight is 584 g/mol. The normalized spacial score (nSPS) is 12.4. The lowest BCUT2D eigenvalue weighted by molar-refractivity contribution is 0.0828. The number of carbonyl (C=O) groups excluding carboxylic acids is 1. The molecule has 4 heterocycles. The molecule has 0 bridgehead atoms. The fourth-order valence-corrected chi connectivity index (χ4v) is 4.32. The zero-order chi connectivity index (χ0) is 30.3. The molecule has 0 spiro atoms. The zero-order valence-corrected chi connectivity index (χ0v) is 22.8. The number of halogens is 4. The van der Waals surface area contributed by atoms with E-state index >= 15 is 0 Å². The lowest BCUT2D eigenvalue weighted by atomic mass is 10.1. The van der Waals surface area contributed by atoms with Gasteiger partial charge in [0, 0.05) is 25.3 Å². The highest BCUT2D eigenvalue weighted by Gasteiger charge is 2.26. The van der Waals surface area contributed by atoms with Crippen molar-refractivity contribution in [3.05, 3.63) is 77.0 Å². The Hall–Kier alpha value is -4.92. The number of alkyl halides is 4. The quantitative estimate of drug-likeness (QED) is 0.242. The summed E-state index contributed by atoms with van der Waals surface area (Å²) in [5, 5.41) is 25.2. The Bertz CT molecular complexity index is 1780. The van der Waals surface area contributed by atoms with Crippen LogP contribution in [0.3, 0.4) is 0 Å². The molecule has 15 heteroatoms. The number of aliphatic hydroxyl groups is 1. The van der Waals surface area contributed by atoms with Gasteiger partial charge in [-0.25, -0.2) is 32.2 Å². The van der Waals surface area contributed by atoms with E-state index in [1.807, 2.05) is 0 Å². The number of aryl methyl sites for hydroxylation is 1. The van der Waals surface area contributed by atoms with Crippen LogP contribution in [0.1, 0.15) is 58.9 Å². The Morgan fingerprint density at radius 2 is 1.79 bits per heavy atom. The summed E-state index contributed by atoms with van der Waals surface area (Å²) in [6.07, 6.45) is -5.90. The molecule has 218 valence electrons. The maximum atomic E-state index is 13.8. The van der Waals surface area contributed by atoms with Crippen molar-refractivity contribution in [2.24, 2.45) is 0 Å². The highest BCUT2D eigenvalue weighted by atomic mass is 19.3. The van der Waals surface area contributed by atoms with Crippen molar-refractivity contribution in [1.82, 2.24) is 39.4 Å². The summed E-state index contributed by atoms with van der Waals surface area (Å²) in [4.78, 5) is 22.9. The summed E-state index contributed by atoms with van der Waals surface area (Å²) in [6, 6.07) is 10.4. The van der Waals surface area contributed by atoms with Gasteiger partial charge in [-0.15, -0.1) is 5.10 Å². The first-order chi connectivity index (χ1) is 19.9. The van der Waals surface area contributed by atoms with Gasteiger partial charge in [-0.2, -0.15) is 10.2 Å². The van der Waals surface area contributed by atoms with Crippen LogP contribution in [-0.4, -0.2) is 64.5 Å². The van der Waals surface area contributed by atoms with Crippen molar-refractivity contribution in [3.63, 3.8) is 0 Å². The van der Waals surface area contributed by atoms with Crippen molar-refractivity contribution in [2.45, 2.75) is 32.8 Å². The SMILES string of the molecule is Cc1cc(C(=O)N(C)C)c(Nc2ccc3c(c2)ncn3-c2ccc(C(C)O)c(-n3nc(C(F)F)cc3C(F)F)n2)nn1. The van der Waals surface area contributed by atoms with Gasteiger partial charge in [-0.1, -0.05) is 0 Å². The van der Waals surface area contributed by atoms with E-state index in [9.17, 15) is 27.5 Å². The van der Waals surface area contributed by atoms with Gasteiger partial charge in [0.05, 0.1) is 28.4 Å². The van der Waals surface area contributed by atoms with Gasteiger partial charge in [0.2, 0.25) is 0 Å². The number of aromatic nitrogens is 7. The van der Waals surface area contributed by atoms with Gasteiger partial charge < -0.3 is 15.3 Å². The van der Waals surface area contributed by atoms with E-state index in [1.54, 1.807) is 55.9 Å². The van der Waals surface area contributed by atoms with E-state index in [0.29, 0.717) is 38.7 Å². The molecule has 1 unspecified atom stereocenters. The molecule has 1 amide bonds. The van der Waals surface area contributed by atoms with Gasteiger partial charge in [-0.05, 0) is 56.3 Å². The Morgan fingerprint density at radius 1 is 1.02 bits per heavy atom. The molecule has 0 saturated heterocycles.